The molecule has 1 heterocycles. The number of fused-ring (bicyclic) bond motifs is 13. The van der Waals surface area contributed by atoms with Gasteiger partial charge in [0, 0.05) is 54.3 Å². The quantitative estimate of drug-likeness (QED) is 0.166. The van der Waals surface area contributed by atoms with Crippen molar-refractivity contribution < 1.29 is 6.85 Å². The smallest absolute Gasteiger partial charge is 0.0727 e. The van der Waals surface area contributed by atoms with E-state index in [1.807, 2.05) is 41.3 Å². The van der Waals surface area contributed by atoms with Crippen LogP contribution in [0, 0.1) is 0 Å². The lowest BCUT2D eigenvalue weighted by molar-refractivity contribution is 0.793. The molecule has 12 rings (SSSR count). The fourth-order valence-electron chi connectivity index (χ4n) is 9.61. The van der Waals surface area contributed by atoms with Gasteiger partial charge in [0.2, 0.25) is 0 Å². The van der Waals surface area contributed by atoms with Gasteiger partial charge in [0.25, 0.3) is 0 Å². The Morgan fingerprint density at radius 3 is 1.43 bits per heavy atom. The number of rotatable bonds is 6. The van der Waals surface area contributed by atoms with Crippen molar-refractivity contribution in [3.05, 3.63) is 241 Å². The second-order valence-electron chi connectivity index (χ2n) is 14.9. The van der Waals surface area contributed by atoms with E-state index in [0.717, 1.165) is 70.6 Å². The van der Waals surface area contributed by atoms with Crippen LogP contribution >= 0.6 is 11.3 Å². The Balaban J connectivity index is 1.14. The second-order valence-corrected chi connectivity index (χ2v) is 16.0. The fraction of sp³-hybridized carbons (Fsp3) is 0.0182. The Bertz CT molecular complexity index is 3410. The molecule has 1 aromatic heterocycles. The molecule has 1 spiro atoms. The summed E-state index contributed by atoms with van der Waals surface area (Å²) < 4.78 is 47.0. The van der Waals surface area contributed by atoms with Crippen molar-refractivity contribution in [1.29, 1.82) is 0 Å². The van der Waals surface area contributed by atoms with Gasteiger partial charge in [-0.2, -0.15) is 0 Å². The van der Waals surface area contributed by atoms with Crippen LogP contribution < -0.4 is 9.80 Å². The Kier molecular flexibility index (Phi) is 6.29. The van der Waals surface area contributed by atoms with E-state index in [1.54, 1.807) is 11.3 Å². The van der Waals surface area contributed by atoms with Crippen molar-refractivity contribution >= 4 is 65.6 Å². The van der Waals surface area contributed by atoms with Crippen molar-refractivity contribution in [3.8, 4) is 22.3 Å². The molecule has 1 atom stereocenters. The summed E-state index contributed by atoms with van der Waals surface area (Å²) in [5, 5.41) is 2.27. The van der Waals surface area contributed by atoms with Gasteiger partial charge < -0.3 is 9.80 Å². The molecule has 3 heteroatoms. The molecule has 2 aliphatic rings. The molecule has 0 aliphatic heterocycles. The summed E-state index contributed by atoms with van der Waals surface area (Å²) in [6.45, 7) is 0. The number of nitrogens with zero attached hydrogens (tertiary/aromatic N) is 2. The maximum Gasteiger partial charge on any atom is 0.0727 e. The first kappa shape index (κ1) is 28.2. The van der Waals surface area contributed by atoms with Crippen LogP contribution in [0.25, 0.3) is 42.4 Å². The Hall–Kier alpha value is -7.20. The highest BCUT2D eigenvalue weighted by Gasteiger charge is 2.52. The number of anilines is 6. The van der Waals surface area contributed by atoms with Crippen LogP contribution in [0.3, 0.4) is 0 Å². The van der Waals surface area contributed by atoms with Crippen molar-refractivity contribution in [3.63, 3.8) is 0 Å². The number of para-hydroxylation sites is 3. The lowest BCUT2D eigenvalue weighted by atomic mass is 9.70. The predicted octanol–water partition coefficient (Wildman–Crippen LogP) is 15.3. The summed E-state index contributed by atoms with van der Waals surface area (Å²) in [5.74, 6) is 0. The molecule has 1 unspecified atom stereocenters. The normalized spacial score (nSPS) is 15.8. The maximum atomic E-state index is 9.32. The Morgan fingerprint density at radius 1 is 0.345 bits per heavy atom. The van der Waals surface area contributed by atoms with E-state index >= 15 is 0 Å². The molecule has 58 heavy (non-hydrogen) atoms. The van der Waals surface area contributed by atoms with E-state index in [2.05, 4.69) is 157 Å². The predicted molar refractivity (Wildman–Crippen MR) is 245 cm³/mol. The van der Waals surface area contributed by atoms with Gasteiger partial charge in [0.1, 0.15) is 0 Å². The summed E-state index contributed by atoms with van der Waals surface area (Å²) >= 11 is 1.68. The van der Waals surface area contributed by atoms with Crippen molar-refractivity contribution in [1.82, 2.24) is 0 Å². The minimum absolute atomic E-state index is 0.0989. The van der Waals surface area contributed by atoms with Crippen molar-refractivity contribution in [2.45, 2.75) is 5.41 Å². The largest absolute Gasteiger partial charge is 0.310 e. The molecule has 2 aliphatic carbocycles. The van der Waals surface area contributed by atoms with Gasteiger partial charge in [-0.15, -0.1) is 11.3 Å². The molecule has 0 radical (unpaired) electrons. The lowest BCUT2D eigenvalue weighted by Crippen LogP contribution is -2.26. The monoisotopic (exact) mass is 761 g/mol. The molecule has 9 aromatic carbocycles. The van der Waals surface area contributed by atoms with Gasteiger partial charge in [0.15, 0.2) is 0 Å². The first-order valence-electron chi connectivity index (χ1n) is 22.0. The summed E-state index contributed by atoms with van der Waals surface area (Å²) in [6, 6.07) is 64.3. The summed E-state index contributed by atoms with van der Waals surface area (Å²) in [6.07, 6.45) is 0. The van der Waals surface area contributed by atoms with Crippen LogP contribution in [0.2, 0.25) is 0 Å². The summed E-state index contributed by atoms with van der Waals surface area (Å²) in [7, 11) is 0. The number of hydrogen-bond donors (Lipinski definition) is 0. The van der Waals surface area contributed by atoms with E-state index in [1.165, 1.54) is 11.1 Å². The van der Waals surface area contributed by atoms with Crippen LogP contribution in [0.5, 0.6) is 0 Å². The lowest BCUT2D eigenvalue weighted by Gasteiger charge is -2.33. The van der Waals surface area contributed by atoms with Crippen LogP contribution in [-0.2, 0) is 5.41 Å². The second kappa shape index (κ2) is 12.9. The molecule has 10 aromatic rings. The van der Waals surface area contributed by atoms with E-state index in [0.29, 0.717) is 11.4 Å². The zero-order valence-electron chi connectivity index (χ0n) is 36.2. The molecule has 0 saturated heterocycles. The van der Waals surface area contributed by atoms with Gasteiger partial charge in [-0.1, -0.05) is 139 Å². The van der Waals surface area contributed by atoms with Crippen molar-refractivity contribution in [2.75, 3.05) is 9.80 Å². The van der Waals surface area contributed by atoms with Crippen LogP contribution in [0.1, 0.15) is 29.1 Å². The summed E-state index contributed by atoms with van der Waals surface area (Å²) in [4.78, 5) is 4.17. The number of thiophene rings is 1. The molecule has 272 valence electrons. The molecule has 2 nitrogen and oxygen atoms in total. The average molecular weight is 762 g/mol. The van der Waals surface area contributed by atoms with Crippen LogP contribution in [0.4, 0.5) is 34.1 Å². The van der Waals surface area contributed by atoms with E-state index in [9.17, 15) is 2.74 Å². The van der Waals surface area contributed by atoms with Crippen LogP contribution in [0.15, 0.2) is 218 Å². The van der Waals surface area contributed by atoms with E-state index in [-0.39, 0.29) is 29.9 Å². The standard InChI is InChI=1S/C55H36N2S/c1-4-16-37(17-5-1)56(38-18-6-2-7-19-38)40-28-31-45-43-22-10-13-25-49(43)55(51(45)34-40)50-26-14-11-23-44(50)46-32-29-41(35-52(46)55)57(39-20-8-3-9-21-39)42-30-33-48-47-24-12-15-27-53(47)58-54(48)36-42/h1-36H/i3D,8D,9D,20D,21D. The van der Waals surface area contributed by atoms with Gasteiger partial charge >= 0.3 is 0 Å². The Labute approximate surface area is 349 Å². The molecular formula is C55H36N2S. The van der Waals surface area contributed by atoms with Crippen molar-refractivity contribution in [2.24, 2.45) is 0 Å². The average Bonchev–Trinajstić information content (AvgIpc) is 3.95. The first-order chi connectivity index (χ1) is 30.8. The summed E-state index contributed by atoms with van der Waals surface area (Å²) in [5.41, 5.74) is 13.0. The molecule has 0 amide bonds. The van der Waals surface area contributed by atoms with Gasteiger partial charge in [-0.3, -0.25) is 0 Å². The minimum Gasteiger partial charge on any atom is -0.310 e. The SMILES string of the molecule is [2H]c1c([2H])c([2H])c(N(c2ccc3c(c2)C2(c4ccccc4-c4ccc(N(c5ccccc5)c5ccccc5)cc42)c2ccccc2-3)c2ccc3c(c2)sc2ccccc23)c([2H])c1[2H]. The first-order valence-corrected chi connectivity index (χ1v) is 20.3. The molecule has 0 fully saturated rings. The van der Waals surface area contributed by atoms with E-state index in [4.69, 9.17) is 4.11 Å². The zero-order chi connectivity index (χ0) is 42.6. The third kappa shape index (κ3) is 4.78. The highest BCUT2D eigenvalue weighted by molar-refractivity contribution is 7.25. The third-order valence-corrected chi connectivity index (χ3v) is 13.1. The molecule has 0 N–H and O–H groups in total. The van der Waals surface area contributed by atoms with E-state index < -0.39 is 11.5 Å². The topological polar surface area (TPSA) is 6.48 Å². The number of hydrogen-bond acceptors (Lipinski definition) is 3. The zero-order valence-corrected chi connectivity index (χ0v) is 32.0. The molecular weight excluding hydrogens is 721 g/mol. The Morgan fingerprint density at radius 2 is 0.810 bits per heavy atom. The third-order valence-electron chi connectivity index (χ3n) is 11.9. The van der Waals surface area contributed by atoms with Crippen LogP contribution in [-0.4, -0.2) is 0 Å². The van der Waals surface area contributed by atoms with Gasteiger partial charge in [-0.25, -0.2) is 0 Å². The molecule has 0 saturated carbocycles. The fourth-order valence-corrected chi connectivity index (χ4v) is 10.7. The highest BCUT2D eigenvalue weighted by atomic mass is 32.1. The number of benzene rings is 9. The highest BCUT2D eigenvalue weighted by Crippen LogP contribution is 2.64. The maximum absolute atomic E-state index is 9.32. The minimum atomic E-state index is -0.746. The molecule has 0 bridgehead atoms. The van der Waals surface area contributed by atoms with Gasteiger partial charge in [0.05, 0.1) is 12.3 Å². The van der Waals surface area contributed by atoms with Gasteiger partial charge in [-0.05, 0) is 123 Å².